The SMILES string of the molecule is CNC(=O)NC1CCC(S(=O)(=O)N2CCC(C3CCN4NC(C(F)(F)F)C(C(=O)N5CCCCCC5)C4C3)CC2)CC1. The van der Waals surface area contributed by atoms with Crippen molar-refractivity contribution < 1.29 is 31.2 Å². The zero-order valence-corrected chi connectivity index (χ0v) is 25.4. The van der Waals surface area contributed by atoms with E-state index in [1.807, 2.05) is 0 Å². The molecule has 1 saturated carbocycles. The summed E-state index contributed by atoms with van der Waals surface area (Å²) in [4.78, 5) is 26.9. The van der Waals surface area contributed by atoms with Crippen molar-refractivity contribution in [2.75, 3.05) is 39.8 Å². The van der Waals surface area contributed by atoms with E-state index in [4.69, 9.17) is 0 Å². The van der Waals surface area contributed by atoms with Gasteiger partial charge in [0.2, 0.25) is 15.9 Å². The van der Waals surface area contributed by atoms with Crippen LogP contribution in [-0.2, 0) is 14.8 Å². The number of fused-ring (bicyclic) bond motifs is 1. The molecule has 4 unspecified atom stereocenters. The molecule has 5 fully saturated rings. The van der Waals surface area contributed by atoms with Gasteiger partial charge in [-0.2, -0.15) is 13.2 Å². The Kier molecular flexibility index (Phi) is 9.95. The van der Waals surface area contributed by atoms with Crippen molar-refractivity contribution in [2.24, 2.45) is 17.8 Å². The summed E-state index contributed by atoms with van der Waals surface area (Å²) in [6, 6.07) is -2.66. The van der Waals surface area contributed by atoms with Crippen molar-refractivity contribution in [2.45, 2.75) is 107 Å². The molecule has 5 aliphatic rings. The molecule has 4 aliphatic heterocycles. The first-order valence-electron chi connectivity index (χ1n) is 15.8. The Morgan fingerprint density at radius 1 is 0.833 bits per heavy atom. The quantitative estimate of drug-likeness (QED) is 0.436. The molecule has 0 bridgehead atoms. The highest BCUT2D eigenvalue weighted by molar-refractivity contribution is 7.89. The van der Waals surface area contributed by atoms with Crippen LogP contribution in [0.1, 0.15) is 77.0 Å². The number of alkyl halides is 3. The number of rotatable bonds is 5. The number of sulfonamides is 1. The number of carbonyl (C=O) groups is 2. The lowest BCUT2D eigenvalue weighted by molar-refractivity contribution is -0.172. The van der Waals surface area contributed by atoms with E-state index in [0.29, 0.717) is 77.7 Å². The van der Waals surface area contributed by atoms with Crippen molar-refractivity contribution >= 4 is 22.0 Å². The third-order valence-corrected chi connectivity index (χ3v) is 12.9. The molecule has 0 aromatic carbocycles. The Labute approximate surface area is 247 Å². The van der Waals surface area contributed by atoms with Crippen LogP contribution in [-0.4, -0.2) is 104 Å². The van der Waals surface area contributed by atoms with E-state index in [2.05, 4.69) is 16.1 Å². The van der Waals surface area contributed by atoms with Crippen LogP contribution in [0.4, 0.5) is 18.0 Å². The Morgan fingerprint density at radius 2 is 1.45 bits per heavy atom. The molecule has 0 aromatic rings. The van der Waals surface area contributed by atoms with E-state index in [1.54, 1.807) is 21.3 Å². The fourth-order valence-electron chi connectivity index (χ4n) is 8.10. The van der Waals surface area contributed by atoms with Crippen molar-refractivity contribution in [3.63, 3.8) is 0 Å². The molecule has 240 valence electrons. The van der Waals surface area contributed by atoms with Crippen LogP contribution in [0.3, 0.4) is 0 Å². The molecular formula is C28H47F3N6O4S. The topological polar surface area (TPSA) is 114 Å². The van der Waals surface area contributed by atoms with Crippen LogP contribution in [0.2, 0.25) is 0 Å². The summed E-state index contributed by atoms with van der Waals surface area (Å²) in [6.07, 6.45) is 4.03. The molecular weight excluding hydrogens is 573 g/mol. The maximum absolute atomic E-state index is 14.2. The summed E-state index contributed by atoms with van der Waals surface area (Å²) in [6.45, 7) is 2.35. The van der Waals surface area contributed by atoms with Gasteiger partial charge in [0.1, 0.15) is 6.04 Å². The van der Waals surface area contributed by atoms with E-state index in [1.165, 1.54) is 0 Å². The molecule has 0 aromatic heterocycles. The number of hydrazine groups is 1. The van der Waals surface area contributed by atoms with Crippen LogP contribution in [0.5, 0.6) is 0 Å². The van der Waals surface area contributed by atoms with Gasteiger partial charge in [0.05, 0.1) is 11.2 Å². The average molecular weight is 621 g/mol. The van der Waals surface area contributed by atoms with Gasteiger partial charge in [-0.3, -0.25) is 4.79 Å². The highest BCUT2D eigenvalue weighted by Gasteiger charge is 2.59. The highest BCUT2D eigenvalue weighted by Crippen LogP contribution is 2.44. The van der Waals surface area contributed by atoms with E-state index >= 15 is 0 Å². The molecule has 10 nitrogen and oxygen atoms in total. The van der Waals surface area contributed by atoms with Gasteiger partial charge in [-0.15, -0.1) is 0 Å². The van der Waals surface area contributed by atoms with Crippen LogP contribution in [0.15, 0.2) is 0 Å². The molecule has 42 heavy (non-hydrogen) atoms. The van der Waals surface area contributed by atoms with Gasteiger partial charge in [-0.25, -0.2) is 28.0 Å². The minimum atomic E-state index is -4.52. The molecule has 4 heterocycles. The molecule has 14 heteroatoms. The van der Waals surface area contributed by atoms with Gasteiger partial charge in [0.25, 0.3) is 0 Å². The van der Waals surface area contributed by atoms with Gasteiger partial charge in [-0.1, -0.05) is 12.8 Å². The first-order valence-corrected chi connectivity index (χ1v) is 17.3. The van der Waals surface area contributed by atoms with E-state index in [0.717, 1.165) is 32.1 Å². The van der Waals surface area contributed by atoms with Gasteiger partial charge >= 0.3 is 12.2 Å². The van der Waals surface area contributed by atoms with Gasteiger partial charge in [-0.05, 0) is 76.0 Å². The average Bonchev–Trinajstić information content (AvgIpc) is 3.16. The Morgan fingerprint density at radius 3 is 2.05 bits per heavy atom. The number of urea groups is 1. The molecule has 4 saturated heterocycles. The summed E-state index contributed by atoms with van der Waals surface area (Å²) < 4.78 is 71.0. The molecule has 3 amide bonds. The number of hydrogen-bond acceptors (Lipinski definition) is 6. The number of carbonyl (C=O) groups excluding carboxylic acids is 2. The molecule has 5 rings (SSSR count). The van der Waals surface area contributed by atoms with Crippen molar-refractivity contribution in [3.05, 3.63) is 0 Å². The fraction of sp³-hybridized carbons (Fsp3) is 0.929. The molecule has 0 radical (unpaired) electrons. The minimum Gasteiger partial charge on any atom is -0.342 e. The molecule has 0 spiro atoms. The molecule has 4 atom stereocenters. The first-order chi connectivity index (χ1) is 20.0. The maximum Gasteiger partial charge on any atom is 0.406 e. The number of likely N-dealkylation sites (tertiary alicyclic amines) is 1. The summed E-state index contributed by atoms with van der Waals surface area (Å²) in [7, 11) is -1.91. The lowest BCUT2D eigenvalue weighted by Gasteiger charge is -2.43. The monoisotopic (exact) mass is 620 g/mol. The van der Waals surface area contributed by atoms with Crippen LogP contribution >= 0.6 is 0 Å². The lowest BCUT2D eigenvalue weighted by Crippen LogP contribution is -2.51. The predicted octanol–water partition coefficient (Wildman–Crippen LogP) is 2.82. The number of halogens is 3. The summed E-state index contributed by atoms with van der Waals surface area (Å²) in [5, 5.41) is 6.62. The second-order valence-corrected chi connectivity index (χ2v) is 15.2. The van der Waals surface area contributed by atoms with Gasteiger partial charge < -0.3 is 15.5 Å². The molecule has 1 aliphatic carbocycles. The Bertz CT molecular complexity index is 1050. The maximum atomic E-state index is 14.2. The normalized spacial score (nSPS) is 34.4. The minimum absolute atomic E-state index is 0.0231. The number of amides is 3. The summed E-state index contributed by atoms with van der Waals surface area (Å²) in [5.74, 6) is -1.14. The largest absolute Gasteiger partial charge is 0.406 e. The second kappa shape index (κ2) is 13.2. The first kappa shape index (κ1) is 31.8. The number of piperidine rings is 2. The lowest BCUT2D eigenvalue weighted by atomic mass is 9.74. The van der Waals surface area contributed by atoms with Crippen molar-refractivity contribution in [3.8, 4) is 0 Å². The zero-order chi connectivity index (χ0) is 30.1. The summed E-state index contributed by atoms with van der Waals surface area (Å²) in [5.41, 5.74) is 2.67. The third kappa shape index (κ3) is 6.86. The standard InChI is InChI=1S/C28H47F3N6O4S/c1-32-27(39)33-21-6-8-22(9-7-21)42(40,41)36-15-10-19(11-16-36)20-12-17-37-23(18-20)24(25(34-37)28(29,30)31)26(38)35-13-4-2-3-5-14-35/h19-25,34H,2-18H2,1H3,(H2,32,33,39). The second-order valence-electron chi connectivity index (χ2n) is 12.9. The number of hydrogen-bond donors (Lipinski definition) is 3. The van der Waals surface area contributed by atoms with Crippen molar-refractivity contribution in [1.29, 1.82) is 0 Å². The fourth-order valence-corrected chi connectivity index (χ4v) is 10.1. The summed E-state index contributed by atoms with van der Waals surface area (Å²) >= 11 is 0. The van der Waals surface area contributed by atoms with E-state index < -0.39 is 39.5 Å². The Hall–Kier alpha value is -1.64. The van der Waals surface area contributed by atoms with E-state index in [-0.39, 0.29) is 29.8 Å². The smallest absolute Gasteiger partial charge is 0.342 e. The van der Waals surface area contributed by atoms with Crippen molar-refractivity contribution in [1.82, 2.24) is 30.3 Å². The third-order valence-electron chi connectivity index (χ3n) is 10.5. The zero-order valence-electron chi connectivity index (χ0n) is 24.6. The van der Waals surface area contributed by atoms with Gasteiger partial charge in [0, 0.05) is 51.9 Å². The van der Waals surface area contributed by atoms with Crippen LogP contribution in [0.25, 0.3) is 0 Å². The predicted molar refractivity (Wildman–Crippen MR) is 152 cm³/mol. The highest BCUT2D eigenvalue weighted by atomic mass is 32.2. The molecule has 3 N–H and O–H groups in total. The Balaban J connectivity index is 1.18. The van der Waals surface area contributed by atoms with Crippen LogP contribution < -0.4 is 16.1 Å². The number of nitrogens with zero attached hydrogens (tertiary/aromatic N) is 3. The number of nitrogens with one attached hydrogen (secondary N) is 3. The van der Waals surface area contributed by atoms with Gasteiger partial charge in [0.15, 0.2) is 0 Å². The van der Waals surface area contributed by atoms with E-state index in [9.17, 15) is 31.2 Å². The van der Waals surface area contributed by atoms with Crippen LogP contribution in [0, 0.1) is 17.8 Å².